The van der Waals surface area contributed by atoms with E-state index >= 15 is 0 Å². The minimum absolute atomic E-state index is 0.00959. The lowest BCUT2D eigenvalue weighted by Crippen LogP contribution is -2.33. The van der Waals surface area contributed by atoms with Gasteiger partial charge in [-0.2, -0.15) is 4.98 Å². The lowest BCUT2D eigenvalue weighted by molar-refractivity contribution is 0.242. The number of fused-ring (bicyclic) bond motifs is 1. The normalized spacial score (nSPS) is 15.2. The van der Waals surface area contributed by atoms with Gasteiger partial charge in [0.25, 0.3) is 0 Å². The van der Waals surface area contributed by atoms with Gasteiger partial charge in [-0.1, -0.05) is 0 Å². The summed E-state index contributed by atoms with van der Waals surface area (Å²) in [5.41, 5.74) is 1.53. The number of hydrogen-bond donors (Lipinski definition) is 2. The molecular formula is C28H34N6O5. The van der Waals surface area contributed by atoms with Crippen LogP contribution in [0.4, 0.5) is 17.6 Å². The number of methoxy groups -OCH3 is 3. The zero-order valence-corrected chi connectivity index (χ0v) is 22.8. The minimum atomic E-state index is -0.00959. The van der Waals surface area contributed by atoms with Crippen LogP contribution in [0.15, 0.2) is 42.9 Å². The number of nitrogens with zero attached hydrogens (tertiary/aromatic N) is 5. The van der Waals surface area contributed by atoms with Gasteiger partial charge in [0.15, 0.2) is 11.5 Å². The molecule has 1 saturated heterocycles. The van der Waals surface area contributed by atoms with Gasteiger partial charge in [-0.3, -0.25) is 0 Å². The molecule has 39 heavy (non-hydrogen) atoms. The fourth-order valence-electron chi connectivity index (χ4n) is 4.82. The van der Waals surface area contributed by atoms with Crippen molar-refractivity contribution in [3.05, 3.63) is 42.9 Å². The Morgan fingerprint density at radius 1 is 1.05 bits per heavy atom. The van der Waals surface area contributed by atoms with E-state index in [1.54, 1.807) is 27.7 Å². The van der Waals surface area contributed by atoms with Crippen LogP contribution in [0.3, 0.4) is 0 Å². The highest BCUT2D eigenvalue weighted by atomic mass is 16.5. The summed E-state index contributed by atoms with van der Waals surface area (Å²) in [6.45, 7) is 4.82. The van der Waals surface area contributed by atoms with Crippen molar-refractivity contribution in [1.29, 1.82) is 0 Å². The number of aliphatic hydroxyl groups excluding tert-OH is 1. The van der Waals surface area contributed by atoms with E-state index in [2.05, 4.69) is 15.2 Å². The van der Waals surface area contributed by atoms with E-state index in [1.165, 1.54) is 0 Å². The van der Waals surface area contributed by atoms with Gasteiger partial charge < -0.3 is 38.8 Å². The molecule has 1 atom stereocenters. The minimum Gasteiger partial charge on any atom is -0.493 e. The average Bonchev–Trinajstić information content (AvgIpc) is 3.61. The molecule has 0 bridgehead atoms. The van der Waals surface area contributed by atoms with Crippen LogP contribution in [0.2, 0.25) is 0 Å². The third-order valence-corrected chi connectivity index (χ3v) is 6.65. The van der Waals surface area contributed by atoms with Crippen molar-refractivity contribution in [2.45, 2.75) is 38.8 Å². The maximum absolute atomic E-state index is 9.91. The van der Waals surface area contributed by atoms with Crippen molar-refractivity contribution in [2.75, 3.05) is 44.7 Å². The highest BCUT2D eigenvalue weighted by molar-refractivity contribution is 5.92. The summed E-state index contributed by atoms with van der Waals surface area (Å²) in [4.78, 5) is 16.4. The second-order valence-corrected chi connectivity index (χ2v) is 9.56. The van der Waals surface area contributed by atoms with Crippen molar-refractivity contribution in [3.8, 4) is 28.7 Å². The van der Waals surface area contributed by atoms with E-state index in [4.69, 9.17) is 28.9 Å². The Kier molecular flexibility index (Phi) is 7.60. The molecule has 11 heteroatoms. The Balaban J connectivity index is 1.52. The maximum atomic E-state index is 9.91. The van der Waals surface area contributed by atoms with Gasteiger partial charge >= 0.3 is 0 Å². The van der Waals surface area contributed by atoms with E-state index in [9.17, 15) is 5.11 Å². The fourth-order valence-corrected chi connectivity index (χ4v) is 4.82. The quantitative estimate of drug-likeness (QED) is 0.304. The van der Waals surface area contributed by atoms with Crippen LogP contribution in [-0.4, -0.2) is 71.3 Å². The molecule has 3 heterocycles. The van der Waals surface area contributed by atoms with E-state index in [-0.39, 0.29) is 18.8 Å². The third kappa shape index (κ3) is 5.35. The Hall–Kier alpha value is -4.25. The molecule has 2 aromatic heterocycles. The Bertz CT molecular complexity index is 1430. The summed E-state index contributed by atoms with van der Waals surface area (Å²) in [7, 11) is 4.74. The van der Waals surface area contributed by atoms with Crippen LogP contribution in [-0.2, 0) is 0 Å². The van der Waals surface area contributed by atoms with E-state index < -0.39 is 0 Å². The molecule has 5 rings (SSSR count). The lowest BCUT2D eigenvalue weighted by Gasteiger charge is -2.24. The number of aromatic nitrogens is 4. The Morgan fingerprint density at radius 3 is 2.49 bits per heavy atom. The van der Waals surface area contributed by atoms with Gasteiger partial charge in [0, 0.05) is 30.1 Å². The summed E-state index contributed by atoms with van der Waals surface area (Å²) in [5, 5.41) is 14.1. The molecular weight excluding hydrogens is 500 g/mol. The second kappa shape index (κ2) is 11.2. The number of hydrogen-bond acceptors (Lipinski definition) is 10. The zero-order valence-electron chi connectivity index (χ0n) is 22.8. The van der Waals surface area contributed by atoms with Crippen molar-refractivity contribution in [1.82, 2.24) is 19.5 Å². The summed E-state index contributed by atoms with van der Waals surface area (Å²) in [5.74, 6) is 4.12. The van der Waals surface area contributed by atoms with Gasteiger partial charge in [0.1, 0.15) is 23.7 Å². The fraction of sp³-hybridized carbons (Fsp3) is 0.393. The molecule has 0 spiro atoms. The summed E-state index contributed by atoms with van der Waals surface area (Å²) < 4.78 is 24.2. The smallest absolute Gasteiger partial charge is 0.228 e. The first-order valence-corrected chi connectivity index (χ1v) is 12.9. The molecule has 4 aromatic rings. The molecule has 0 unspecified atom stereocenters. The standard InChI is InChI=1S/C28H34N6O5/c1-17(2)39-20-8-9-21-22(13-20)30-28(34-10-6-7-18(34)15-35)32-27(21)31-25-14-33(16-29-25)19-11-23(36-3)26(38-5)24(12-19)37-4/h8-9,11-14,16-18,35H,6-7,10,15H2,1-5H3,(H,30,31,32)/t18-/m0/s1. The topological polar surface area (TPSA) is 116 Å². The molecule has 1 aliphatic heterocycles. The molecule has 0 amide bonds. The first-order chi connectivity index (χ1) is 18.9. The van der Waals surface area contributed by atoms with Crippen LogP contribution >= 0.6 is 0 Å². The summed E-state index contributed by atoms with van der Waals surface area (Å²) in [6.07, 6.45) is 5.47. The SMILES string of the molecule is COc1cc(-n2cnc(Nc3nc(N4CCC[C@H]4CO)nc4cc(OC(C)C)ccc34)c2)cc(OC)c1OC. The number of rotatable bonds is 10. The number of anilines is 3. The first kappa shape index (κ1) is 26.4. The maximum Gasteiger partial charge on any atom is 0.228 e. The van der Waals surface area contributed by atoms with Gasteiger partial charge in [0.2, 0.25) is 11.7 Å². The molecule has 2 aromatic carbocycles. The molecule has 0 saturated carbocycles. The van der Waals surface area contributed by atoms with Gasteiger partial charge in [-0.05, 0) is 38.8 Å². The zero-order chi connectivity index (χ0) is 27.5. The Morgan fingerprint density at radius 2 is 1.82 bits per heavy atom. The van der Waals surface area contributed by atoms with Crippen LogP contribution < -0.4 is 29.2 Å². The molecule has 1 fully saturated rings. The van der Waals surface area contributed by atoms with Crippen LogP contribution in [0.1, 0.15) is 26.7 Å². The number of nitrogens with one attached hydrogen (secondary N) is 1. The van der Waals surface area contributed by atoms with Crippen molar-refractivity contribution >= 4 is 28.5 Å². The number of benzene rings is 2. The molecule has 11 nitrogen and oxygen atoms in total. The van der Waals surface area contributed by atoms with Gasteiger partial charge in [-0.25, -0.2) is 9.97 Å². The van der Waals surface area contributed by atoms with Crippen molar-refractivity contribution < 1.29 is 24.1 Å². The largest absolute Gasteiger partial charge is 0.493 e. The van der Waals surface area contributed by atoms with Crippen molar-refractivity contribution in [2.24, 2.45) is 0 Å². The molecule has 1 aliphatic rings. The van der Waals surface area contributed by atoms with Crippen LogP contribution in [0.25, 0.3) is 16.6 Å². The monoisotopic (exact) mass is 534 g/mol. The second-order valence-electron chi connectivity index (χ2n) is 9.56. The molecule has 0 radical (unpaired) electrons. The average molecular weight is 535 g/mol. The van der Waals surface area contributed by atoms with Gasteiger partial charge in [0.05, 0.1) is 57.5 Å². The Labute approximate surface area is 227 Å². The first-order valence-electron chi connectivity index (χ1n) is 12.9. The lowest BCUT2D eigenvalue weighted by atomic mass is 10.2. The van der Waals surface area contributed by atoms with E-state index in [0.29, 0.717) is 34.8 Å². The van der Waals surface area contributed by atoms with E-state index in [0.717, 1.165) is 41.7 Å². The number of ether oxygens (including phenoxy) is 4. The van der Waals surface area contributed by atoms with E-state index in [1.807, 2.05) is 54.9 Å². The van der Waals surface area contributed by atoms with Crippen molar-refractivity contribution in [3.63, 3.8) is 0 Å². The molecule has 2 N–H and O–H groups in total. The summed E-state index contributed by atoms with van der Waals surface area (Å²) >= 11 is 0. The summed E-state index contributed by atoms with van der Waals surface area (Å²) in [6, 6.07) is 9.47. The predicted molar refractivity (Wildman–Crippen MR) is 149 cm³/mol. The molecule has 0 aliphatic carbocycles. The molecule has 206 valence electrons. The number of imidazole rings is 1. The van der Waals surface area contributed by atoms with Gasteiger partial charge in [-0.15, -0.1) is 0 Å². The predicted octanol–water partition coefficient (Wildman–Crippen LogP) is 4.33. The van der Waals surface area contributed by atoms with Crippen LogP contribution in [0, 0.1) is 0 Å². The third-order valence-electron chi connectivity index (χ3n) is 6.65. The number of aliphatic hydroxyl groups is 1. The highest BCUT2D eigenvalue weighted by Crippen LogP contribution is 2.39. The van der Waals surface area contributed by atoms with Crippen LogP contribution in [0.5, 0.6) is 23.0 Å². The highest BCUT2D eigenvalue weighted by Gasteiger charge is 2.27.